The van der Waals surface area contributed by atoms with Gasteiger partial charge in [0.25, 0.3) is 0 Å². The lowest BCUT2D eigenvalue weighted by atomic mass is 10.1. The molecule has 0 fully saturated rings. The minimum Gasteiger partial charge on any atom is -0.349 e. The van der Waals surface area contributed by atoms with Gasteiger partial charge in [0.1, 0.15) is 0 Å². The Kier molecular flexibility index (Phi) is 3.82. The first kappa shape index (κ1) is 12.2. The zero-order valence-corrected chi connectivity index (χ0v) is 10.7. The van der Waals surface area contributed by atoms with E-state index in [0.717, 1.165) is 19.3 Å². The van der Waals surface area contributed by atoms with Crippen molar-refractivity contribution in [2.75, 3.05) is 0 Å². The van der Waals surface area contributed by atoms with Gasteiger partial charge in [-0.25, -0.2) is 0 Å². The molecular formula is C15H21NO. The third-order valence-electron chi connectivity index (χ3n) is 3.42. The van der Waals surface area contributed by atoms with Crippen molar-refractivity contribution in [3.8, 4) is 0 Å². The second-order valence-corrected chi connectivity index (χ2v) is 5.29. The molecule has 0 spiro atoms. The summed E-state index contributed by atoms with van der Waals surface area (Å²) in [5, 5.41) is 3.15. The van der Waals surface area contributed by atoms with Gasteiger partial charge in [0.2, 0.25) is 5.91 Å². The van der Waals surface area contributed by atoms with Crippen LogP contribution < -0.4 is 5.32 Å². The molecule has 0 unspecified atom stereocenters. The topological polar surface area (TPSA) is 29.1 Å². The lowest BCUT2D eigenvalue weighted by Gasteiger charge is -2.14. The van der Waals surface area contributed by atoms with E-state index in [4.69, 9.17) is 0 Å². The number of benzene rings is 1. The maximum atomic E-state index is 11.8. The monoisotopic (exact) mass is 231 g/mol. The molecule has 17 heavy (non-hydrogen) atoms. The standard InChI is InChI=1S/C15H21NO/c1-11(2)7-10-15(17)16-14-9-8-12-5-3-4-6-13(12)14/h3-6,11,14H,7-10H2,1-2H3,(H,16,17)/t14-/m1/s1. The molecule has 1 aromatic carbocycles. The zero-order chi connectivity index (χ0) is 12.3. The number of rotatable bonds is 4. The van der Waals surface area contributed by atoms with Crippen molar-refractivity contribution in [1.82, 2.24) is 5.32 Å². The molecule has 0 aromatic heterocycles. The number of carbonyl (C=O) groups excluding carboxylic acids is 1. The van der Waals surface area contributed by atoms with Crippen LogP contribution in [0.2, 0.25) is 0 Å². The summed E-state index contributed by atoms with van der Waals surface area (Å²) in [6.45, 7) is 4.30. The van der Waals surface area contributed by atoms with Crippen LogP contribution in [0.4, 0.5) is 0 Å². The van der Waals surface area contributed by atoms with Crippen LogP contribution in [0.1, 0.15) is 50.3 Å². The summed E-state index contributed by atoms with van der Waals surface area (Å²) in [7, 11) is 0. The normalized spacial score (nSPS) is 18.2. The fraction of sp³-hybridized carbons (Fsp3) is 0.533. The Labute approximate surface area is 103 Å². The largest absolute Gasteiger partial charge is 0.349 e. The number of carbonyl (C=O) groups is 1. The lowest BCUT2D eigenvalue weighted by Crippen LogP contribution is -2.27. The van der Waals surface area contributed by atoms with Crippen LogP contribution in [-0.4, -0.2) is 5.91 Å². The maximum Gasteiger partial charge on any atom is 0.220 e. The van der Waals surface area contributed by atoms with E-state index in [1.165, 1.54) is 11.1 Å². The molecule has 2 heteroatoms. The van der Waals surface area contributed by atoms with Gasteiger partial charge in [-0.05, 0) is 36.3 Å². The van der Waals surface area contributed by atoms with E-state index in [9.17, 15) is 4.79 Å². The molecule has 2 rings (SSSR count). The summed E-state index contributed by atoms with van der Waals surface area (Å²) in [6.07, 6.45) is 3.76. The van der Waals surface area contributed by atoms with Gasteiger partial charge in [0.05, 0.1) is 6.04 Å². The fourth-order valence-corrected chi connectivity index (χ4v) is 2.39. The first-order chi connectivity index (χ1) is 8.16. The minimum atomic E-state index is 0.195. The number of aryl methyl sites for hydroxylation is 1. The third kappa shape index (κ3) is 3.09. The van der Waals surface area contributed by atoms with Crippen LogP contribution in [-0.2, 0) is 11.2 Å². The predicted octanol–water partition coefficient (Wildman–Crippen LogP) is 3.23. The number of fused-ring (bicyclic) bond motifs is 1. The first-order valence-electron chi connectivity index (χ1n) is 6.54. The summed E-state index contributed by atoms with van der Waals surface area (Å²) in [4.78, 5) is 11.8. The molecule has 1 aromatic rings. The third-order valence-corrected chi connectivity index (χ3v) is 3.42. The zero-order valence-electron chi connectivity index (χ0n) is 10.7. The van der Waals surface area contributed by atoms with Crippen LogP contribution in [0, 0.1) is 5.92 Å². The van der Waals surface area contributed by atoms with Crippen molar-refractivity contribution in [1.29, 1.82) is 0 Å². The number of hydrogen-bond acceptors (Lipinski definition) is 1. The highest BCUT2D eigenvalue weighted by Gasteiger charge is 2.22. The van der Waals surface area contributed by atoms with Gasteiger partial charge in [-0.3, -0.25) is 4.79 Å². The predicted molar refractivity (Wildman–Crippen MR) is 69.7 cm³/mol. The van der Waals surface area contributed by atoms with E-state index < -0.39 is 0 Å². The Hall–Kier alpha value is -1.31. The van der Waals surface area contributed by atoms with Crippen molar-refractivity contribution in [2.24, 2.45) is 5.92 Å². The van der Waals surface area contributed by atoms with Crippen LogP contribution in [0.15, 0.2) is 24.3 Å². The molecule has 2 nitrogen and oxygen atoms in total. The Balaban J connectivity index is 1.91. The van der Waals surface area contributed by atoms with Crippen molar-refractivity contribution in [3.63, 3.8) is 0 Å². The minimum absolute atomic E-state index is 0.195. The molecule has 0 saturated carbocycles. The Morgan fingerprint density at radius 2 is 2.18 bits per heavy atom. The average molecular weight is 231 g/mol. The lowest BCUT2D eigenvalue weighted by molar-refractivity contribution is -0.122. The van der Waals surface area contributed by atoms with Gasteiger partial charge < -0.3 is 5.32 Å². The van der Waals surface area contributed by atoms with Crippen molar-refractivity contribution in [2.45, 2.75) is 45.6 Å². The average Bonchev–Trinajstić information content (AvgIpc) is 2.70. The van der Waals surface area contributed by atoms with Gasteiger partial charge in [-0.15, -0.1) is 0 Å². The van der Waals surface area contributed by atoms with E-state index in [1.54, 1.807) is 0 Å². The van der Waals surface area contributed by atoms with Gasteiger partial charge in [-0.2, -0.15) is 0 Å². The second kappa shape index (κ2) is 5.35. The number of nitrogens with one attached hydrogen (secondary N) is 1. The van der Waals surface area contributed by atoms with Crippen molar-refractivity contribution in [3.05, 3.63) is 35.4 Å². The molecule has 0 bridgehead atoms. The van der Waals surface area contributed by atoms with Crippen molar-refractivity contribution >= 4 is 5.91 Å². The Bertz CT molecular complexity index is 398. The highest BCUT2D eigenvalue weighted by atomic mass is 16.1. The first-order valence-corrected chi connectivity index (χ1v) is 6.54. The molecule has 1 amide bonds. The molecule has 0 radical (unpaired) electrons. The van der Waals surface area contributed by atoms with Crippen LogP contribution in [0.5, 0.6) is 0 Å². The van der Waals surface area contributed by atoms with E-state index in [-0.39, 0.29) is 11.9 Å². The number of amides is 1. The van der Waals surface area contributed by atoms with Crippen LogP contribution >= 0.6 is 0 Å². The second-order valence-electron chi connectivity index (χ2n) is 5.29. The Morgan fingerprint density at radius 3 is 2.94 bits per heavy atom. The summed E-state index contributed by atoms with van der Waals surface area (Å²) in [5.41, 5.74) is 2.70. The molecule has 1 N–H and O–H groups in total. The molecule has 1 aliphatic carbocycles. The molecule has 92 valence electrons. The molecule has 0 heterocycles. The van der Waals surface area contributed by atoms with Crippen molar-refractivity contribution < 1.29 is 4.79 Å². The molecule has 1 atom stereocenters. The number of hydrogen-bond donors (Lipinski definition) is 1. The van der Waals surface area contributed by atoms with Gasteiger partial charge in [0.15, 0.2) is 0 Å². The highest BCUT2D eigenvalue weighted by Crippen LogP contribution is 2.30. The SMILES string of the molecule is CC(C)CCC(=O)N[C@@H]1CCc2ccccc21. The summed E-state index contributed by atoms with van der Waals surface area (Å²) in [5.74, 6) is 0.789. The van der Waals surface area contributed by atoms with Gasteiger partial charge in [0, 0.05) is 6.42 Å². The summed E-state index contributed by atoms with van der Waals surface area (Å²) in [6, 6.07) is 8.66. The molecule has 0 saturated heterocycles. The van der Waals surface area contributed by atoms with Crippen LogP contribution in [0.25, 0.3) is 0 Å². The molecular weight excluding hydrogens is 210 g/mol. The molecule has 0 aliphatic heterocycles. The van der Waals surface area contributed by atoms with Gasteiger partial charge in [-0.1, -0.05) is 38.1 Å². The smallest absolute Gasteiger partial charge is 0.220 e. The van der Waals surface area contributed by atoms with E-state index >= 15 is 0 Å². The fourth-order valence-electron chi connectivity index (χ4n) is 2.39. The maximum absolute atomic E-state index is 11.8. The Morgan fingerprint density at radius 1 is 1.41 bits per heavy atom. The van der Waals surface area contributed by atoms with E-state index in [0.29, 0.717) is 12.3 Å². The van der Waals surface area contributed by atoms with E-state index in [1.807, 2.05) is 0 Å². The summed E-state index contributed by atoms with van der Waals surface area (Å²) >= 11 is 0. The quantitative estimate of drug-likeness (QED) is 0.847. The highest BCUT2D eigenvalue weighted by molar-refractivity contribution is 5.76. The van der Waals surface area contributed by atoms with E-state index in [2.05, 4.69) is 43.4 Å². The summed E-state index contributed by atoms with van der Waals surface area (Å²) < 4.78 is 0. The van der Waals surface area contributed by atoms with Crippen LogP contribution in [0.3, 0.4) is 0 Å². The van der Waals surface area contributed by atoms with Gasteiger partial charge >= 0.3 is 0 Å². The molecule has 1 aliphatic rings.